The van der Waals surface area contributed by atoms with Crippen LogP contribution < -0.4 is 0 Å². The van der Waals surface area contributed by atoms with Gasteiger partial charge in [-0.15, -0.1) is 0 Å². The average molecular weight is 452 g/mol. The molecule has 1 aromatic heterocycles. The zero-order chi connectivity index (χ0) is 22.2. The summed E-state index contributed by atoms with van der Waals surface area (Å²) in [6.45, 7) is 5.45. The zero-order valence-electron chi connectivity index (χ0n) is 16.6. The second-order valence-electron chi connectivity index (χ2n) is 6.98. The molecule has 0 amide bonds. The van der Waals surface area contributed by atoms with Gasteiger partial charge < -0.3 is 9.84 Å². The maximum Gasteiger partial charge on any atom is 0.313 e. The lowest BCUT2D eigenvalue weighted by molar-refractivity contribution is -0.145. The van der Waals surface area contributed by atoms with Crippen LogP contribution in [0.5, 0.6) is 5.75 Å². The number of fused-ring (bicyclic) bond motifs is 1. The van der Waals surface area contributed by atoms with Gasteiger partial charge in [-0.05, 0) is 50.1 Å². The Morgan fingerprint density at radius 3 is 2.53 bits per heavy atom. The van der Waals surface area contributed by atoms with Crippen LogP contribution in [0.2, 0.25) is 10.0 Å². The van der Waals surface area contributed by atoms with E-state index in [2.05, 4.69) is 0 Å². The first-order valence-corrected chi connectivity index (χ1v) is 10.1. The van der Waals surface area contributed by atoms with Gasteiger partial charge in [-0.25, -0.2) is 4.39 Å². The number of carbonyl (C=O) groups excluding carboxylic acids is 2. The summed E-state index contributed by atoms with van der Waals surface area (Å²) in [4.78, 5) is 25.8. The number of halogens is 3. The molecule has 1 heterocycles. The van der Waals surface area contributed by atoms with Crippen molar-refractivity contribution >= 4 is 46.0 Å². The Hall–Kier alpha value is -2.57. The molecule has 1 N–H and O–H groups in total. The first-order valence-electron chi connectivity index (χ1n) is 9.37. The van der Waals surface area contributed by atoms with Crippen molar-refractivity contribution in [1.29, 1.82) is 0 Å². The van der Waals surface area contributed by atoms with Crippen LogP contribution >= 0.6 is 23.2 Å². The molecule has 5 nitrogen and oxygen atoms in total. The van der Waals surface area contributed by atoms with Gasteiger partial charge >= 0.3 is 5.97 Å². The molecule has 0 aliphatic carbocycles. The van der Waals surface area contributed by atoms with Crippen LogP contribution in [0.25, 0.3) is 10.9 Å². The van der Waals surface area contributed by atoms with Crippen LogP contribution in [0, 0.1) is 12.7 Å². The number of hydrogen-bond acceptors (Lipinski definition) is 4. The zero-order valence-corrected chi connectivity index (χ0v) is 18.1. The standard InChI is InChI=1S/C22H20Cl2FNO4/c1-4-7-30-22(29)11(2)20-12(3)26(18-10-17(25)19(27)9-14(18)20)21(28)13-5-6-15(23)16(24)8-13/h5-6,8-11,27H,4,7H2,1-3H3/t11-/m0/s1. The van der Waals surface area contributed by atoms with Crippen molar-refractivity contribution in [3.05, 3.63) is 63.0 Å². The quantitative estimate of drug-likeness (QED) is 0.494. The number of aromatic nitrogens is 1. The third-order valence-electron chi connectivity index (χ3n) is 4.93. The van der Waals surface area contributed by atoms with E-state index in [1.165, 1.54) is 28.8 Å². The van der Waals surface area contributed by atoms with Crippen LogP contribution in [0.4, 0.5) is 4.39 Å². The third kappa shape index (κ3) is 3.89. The molecule has 0 fully saturated rings. The lowest BCUT2D eigenvalue weighted by atomic mass is 9.98. The highest BCUT2D eigenvalue weighted by molar-refractivity contribution is 6.42. The van der Waals surface area contributed by atoms with E-state index < -0.39 is 29.4 Å². The van der Waals surface area contributed by atoms with Gasteiger partial charge in [0.05, 0.1) is 28.1 Å². The van der Waals surface area contributed by atoms with E-state index in [1.807, 2.05) is 6.92 Å². The predicted octanol–water partition coefficient (Wildman–Crippen LogP) is 5.85. The molecule has 0 bridgehead atoms. The minimum absolute atomic E-state index is 0.206. The largest absolute Gasteiger partial charge is 0.505 e. The maximum absolute atomic E-state index is 14.2. The number of aromatic hydroxyl groups is 1. The molecular weight excluding hydrogens is 432 g/mol. The molecule has 0 spiro atoms. The summed E-state index contributed by atoms with van der Waals surface area (Å²) in [5, 5.41) is 10.8. The number of rotatable bonds is 5. The molecule has 3 aromatic rings. The Bertz CT molecular complexity index is 1160. The summed E-state index contributed by atoms with van der Waals surface area (Å²) < 4.78 is 20.7. The Labute approximate surface area is 183 Å². The van der Waals surface area contributed by atoms with Crippen molar-refractivity contribution < 1.29 is 23.8 Å². The predicted molar refractivity (Wildman–Crippen MR) is 114 cm³/mol. The second-order valence-corrected chi connectivity index (χ2v) is 7.79. The summed E-state index contributed by atoms with van der Waals surface area (Å²) >= 11 is 12.0. The summed E-state index contributed by atoms with van der Waals surface area (Å²) in [7, 11) is 0. The number of phenols is 1. The lowest BCUT2D eigenvalue weighted by Gasteiger charge is -2.13. The number of phenolic OH excluding ortho intramolecular Hbond substituents is 1. The van der Waals surface area contributed by atoms with Gasteiger partial charge in [-0.2, -0.15) is 0 Å². The van der Waals surface area contributed by atoms with Crippen LogP contribution in [-0.4, -0.2) is 28.2 Å². The summed E-state index contributed by atoms with van der Waals surface area (Å²) in [5.41, 5.74) is 1.39. The normalized spacial score (nSPS) is 12.2. The van der Waals surface area contributed by atoms with Gasteiger partial charge in [0.2, 0.25) is 0 Å². The van der Waals surface area contributed by atoms with Gasteiger partial charge in [0.15, 0.2) is 11.6 Å². The highest BCUT2D eigenvalue weighted by atomic mass is 35.5. The minimum Gasteiger partial charge on any atom is -0.505 e. The third-order valence-corrected chi connectivity index (χ3v) is 5.67. The van der Waals surface area contributed by atoms with Gasteiger partial charge in [-0.1, -0.05) is 30.1 Å². The molecule has 1 atom stereocenters. The van der Waals surface area contributed by atoms with Gasteiger partial charge in [0, 0.05) is 22.7 Å². The molecule has 2 aromatic carbocycles. The Morgan fingerprint density at radius 2 is 1.90 bits per heavy atom. The van der Waals surface area contributed by atoms with Crippen LogP contribution in [0.3, 0.4) is 0 Å². The van der Waals surface area contributed by atoms with E-state index in [-0.39, 0.29) is 22.7 Å². The lowest BCUT2D eigenvalue weighted by Crippen LogP contribution is -2.17. The number of hydrogen-bond donors (Lipinski definition) is 1. The van der Waals surface area contributed by atoms with Crippen molar-refractivity contribution in [2.45, 2.75) is 33.1 Å². The fraction of sp³-hybridized carbons (Fsp3) is 0.273. The summed E-state index contributed by atoms with van der Waals surface area (Å²) in [6.07, 6.45) is 0.668. The molecule has 30 heavy (non-hydrogen) atoms. The van der Waals surface area contributed by atoms with Crippen LogP contribution in [0.1, 0.15) is 47.8 Å². The number of benzene rings is 2. The van der Waals surface area contributed by atoms with Crippen molar-refractivity contribution in [2.75, 3.05) is 6.61 Å². The number of esters is 1. The topological polar surface area (TPSA) is 68.5 Å². The molecule has 0 saturated carbocycles. The van der Waals surface area contributed by atoms with Gasteiger partial charge in [-0.3, -0.25) is 14.2 Å². The molecule has 0 radical (unpaired) electrons. The van der Waals surface area contributed by atoms with Crippen molar-refractivity contribution in [2.24, 2.45) is 0 Å². The molecule has 0 aliphatic rings. The van der Waals surface area contributed by atoms with Crippen molar-refractivity contribution in [1.82, 2.24) is 4.57 Å². The number of ether oxygens (including phenoxy) is 1. The van der Waals surface area contributed by atoms with E-state index in [1.54, 1.807) is 13.8 Å². The molecule has 8 heteroatoms. The molecule has 0 aliphatic heterocycles. The summed E-state index contributed by atoms with van der Waals surface area (Å²) in [6, 6.07) is 6.72. The fourth-order valence-electron chi connectivity index (χ4n) is 3.46. The van der Waals surface area contributed by atoms with E-state index in [4.69, 9.17) is 27.9 Å². The van der Waals surface area contributed by atoms with E-state index in [9.17, 15) is 19.1 Å². The molecular formula is C22H20Cl2FNO4. The highest BCUT2D eigenvalue weighted by Crippen LogP contribution is 2.36. The van der Waals surface area contributed by atoms with E-state index in [0.29, 0.717) is 28.1 Å². The van der Waals surface area contributed by atoms with Crippen molar-refractivity contribution in [3.63, 3.8) is 0 Å². The first kappa shape index (κ1) is 22.1. The smallest absolute Gasteiger partial charge is 0.313 e. The summed E-state index contributed by atoms with van der Waals surface area (Å²) in [5.74, 6) is -3.12. The Morgan fingerprint density at radius 1 is 1.20 bits per heavy atom. The van der Waals surface area contributed by atoms with Crippen LogP contribution in [-0.2, 0) is 9.53 Å². The SMILES string of the molecule is CCCOC(=O)[C@@H](C)c1c(C)n(C(=O)c2ccc(Cl)c(Cl)c2)c2cc(F)c(O)cc12. The van der Waals surface area contributed by atoms with E-state index >= 15 is 0 Å². The first-order chi connectivity index (χ1) is 14.2. The average Bonchev–Trinajstić information content (AvgIpc) is 2.98. The Balaban J connectivity index is 2.23. The molecule has 3 rings (SSSR count). The van der Waals surface area contributed by atoms with E-state index in [0.717, 1.165) is 6.07 Å². The second kappa shape index (κ2) is 8.66. The Kier molecular flexibility index (Phi) is 6.38. The molecule has 0 unspecified atom stereocenters. The molecule has 0 saturated heterocycles. The highest BCUT2D eigenvalue weighted by Gasteiger charge is 2.28. The number of carbonyl (C=O) groups is 2. The molecule has 158 valence electrons. The fourth-order valence-corrected chi connectivity index (χ4v) is 3.76. The minimum atomic E-state index is -0.879. The van der Waals surface area contributed by atoms with Gasteiger partial charge in [0.1, 0.15) is 0 Å². The monoisotopic (exact) mass is 451 g/mol. The van der Waals surface area contributed by atoms with Crippen LogP contribution in [0.15, 0.2) is 30.3 Å². The van der Waals surface area contributed by atoms with Gasteiger partial charge in [0.25, 0.3) is 5.91 Å². The number of nitrogens with zero attached hydrogens (tertiary/aromatic N) is 1. The van der Waals surface area contributed by atoms with Crippen molar-refractivity contribution in [3.8, 4) is 5.75 Å². The maximum atomic E-state index is 14.2.